The van der Waals surface area contributed by atoms with E-state index in [0.717, 1.165) is 30.0 Å². The second-order valence-electron chi connectivity index (χ2n) is 6.16. The van der Waals surface area contributed by atoms with Crippen molar-refractivity contribution in [3.8, 4) is 17.6 Å². The van der Waals surface area contributed by atoms with E-state index in [4.69, 9.17) is 16.9 Å². The highest BCUT2D eigenvalue weighted by Crippen LogP contribution is 2.38. The van der Waals surface area contributed by atoms with E-state index in [1.54, 1.807) is 11.0 Å². The summed E-state index contributed by atoms with van der Waals surface area (Å²) in [5.74, 6) is -0.892. The van der Waals surface area contributed by atoms with Crippen LogP contribution in [0.2, 0.25) is 5.02 Å². The van der Waals surface area contributed by atoms with Crippen LogP contribution in [0.3, 0.4) is 0 Å². The fourth-order valence-electron chi connectivity index (χ4n) is 3.33. The molecule has 1 saturated heterocycles. The van der Waals surface area contributed by atoms with Gasteiger partial charge in [0.2, 0.25) is 0 Å². The number of nitrogens with zero attached hydrogens (tertiary/aromatic N) is 2. The molecular weight excluding hydrogens is 340 g/mol. The number of carbonyl (C=O) groups excluding carboxylic acids is 1. The Morgan fingerprint density at radius 3 is 2.72 bits per heavy atom. The molecule has 0 spiro atoms. The van der Waals surface area contributed by atoms with Gasteiger partial charge in [-0.05, 0) is 49.1 Å². The first-order chi connectivity index (χ1) is 11.9. The van der Waals surface area contributed by atoms with Crippen molar-refractivity contribution in [1.29, 1.82) is 5.26 Å². The topological polar surface area (TPSA) is 84.6 Å². The lowest BCUT2D eigenvalue weighted by Gasteiger charge is -2.27. The number of hydrogen-bond donors (Lipinski definition) is 2. The number of likely N-dealkylation sites (tertiary alicyclic amines) is 1. The Labute approximate surface area is 150 Å². The van der Waals surface area contributed by atoms with Crippen LogP contribution in [0.1, 0.15) is 45.9 Å². The fraction of sp³-hybridized carbons (Fsp3) is 0.263. The standard InChI is InChI=1S/C19H17ClN2O3/c1-11-7-12(10-21)4-5-13(11)16-3-2-6-22(16)19(25)14-8-15(20)18(24)9-17(14)23/h4-5,7-9,16,23-24H,2-3,6H2,1H3. The first kappa shape index (κ1) is 17.1. The van der Waals surface area contributed by atoms with Gasteiger partial charge in [-0.25, -0.2) is 0 Å². The molecule has 0 saturated carbocycles. The van der Waals surface area contributed by atoms with Crippen LogP contribution in [-0.4, -0.2) is 27.6 Å². The highest BCUT2D eigenvalue weighted by molar-refractivity contribution is 6.32. The maximum absolute atomic E-state index is 12.9. The first-order valence-electron chi connectivity index (χ1n) is 7.95. The van der Waals surface area contributed by atoms with E-state index < -0.39 is 0 Å². The Hall–Kier alpha value is -2.71. The lowest BCUT2D eigenvalue weighted by atomic mass is 9.97. The molecule has 128 valence electrons. The first-order valence-corrected chi connectivity index (χ1v) is 8.33. The predicted molar refractivity (Wildman–Crippen MR) is 93.7 cm³/mol. The van der Waals surface area contributed by atoms with E-state index in [-0.39, 0.29) is 34.0 Å². The van der Waals surface area contributed by atoms with Crippen LogP contribution in [0.25, 0.3) is 0 Å². The number of phenols is 2. The van der Waals surface area contributed by atoms with Gasteiger partial charge in [-0.1, -0.05) is 17.7 Å². The van der Waals surface area contributed by atoms with Gasteiger partial charge >= 0.3 is 0 Å². The zero-order valence-corrected chi connectivity index (χ0v) is 14.4. The lowest BCUT2D eigenvalue weighted by molar-refractivity contribution is 0.0732. The van der Waals surface area contributed by atoms with Gasteiger partial charge in [0.15, 0.2) is 0 Å². The van der Waals surface area contributed by atoms with Crippen molar-refractivity contribution >= 4 is 17.5 Å². The summed E-state index contributed by atoms with van der Waals surface area (Å²) >= 11 is 5.89. The predicted octanol–water partition coefficient (Wildman–Crippen LogP) is 3.91. The van der Waals surface area contributed by atoms with E-state index in [9.17, 15) is 15.0 Å². The SMILES string of the molecule is Cc1cc(C#N)ccc1C1CCCN1C(=O)c1cc(Cl)c(O)cc1O. The third-order valence-corrected chi connectivity index (χ3v) is 4.87. The van der Waals surface area contributed by atoms with Crippen LogP contribution in [0.15, 0.2) is 30.3 Å². The van der Waals surface area contributed by atoms with Gasteiger partial charge in [0, 0.05) is 12.6 Å². The highest BCUT2D eigenvalue weighted by atomic mass is 35.5. The maximum atomic E-state index is 12.9. The van der Waals surface area contributed by atoms with Crippen molar-refractivity contribution in [3.05, 3.63) is 57.6 Å². The molecule has 0 aliphatic carbocycles. The summed E-state index contributed by atoms with van der Waals surface area (Å²) in [6, 6.07) is 9.80. The molecule has 6 heteroatoms. The Morgan fingerprint density at radius 2 is 2.04 bits per heavy atom. The number of amides is 1. The molecule has 1 fully saturated rings. The van der Waals surface area contributed by atoms with E-state index in [1.807, 2.05) is 19.1 Å². The van der Waals surface area contributed by atoms with Crippen LogP contribution in [0.5, 0.6) is 11.5 Å². The van der Waals surface area contributed by atoms with Crippen molar-refractivity contribution in [2.24, 2.45) is 0 Å². The van der Waals surface area contributed by atoms with Crippen molar-refractivity contribution in [1.82, 2.24) is 4.90 Å². The quantitative estimate of drug-likeness (QED) is 0.854. The molecule has 25 heavy (non-hydrogen) atoms. The molecule has 1 atom stereocenters. The summed E-state index contributed by atoms with van der Waals surface area (Å²) < 4.78 is 0. The van der Waals surface area contributed by atoms with Gasteiger partial charge in [-0.3, -0.25) is 4.79 Å². The zero-order valence-electron chi connectivity index (χ0n) is 13.7. The molecule has 3 rings (SSSR count). The number of nitriles is 1. The van der Waals surface area contributed by atoms with E-state index in [2.05, 4.69) is 6.07 Å². The number of benzene rings is 2. The minimum absolute atomic E-state index is 0.0199. The third kappa shape index (κ3) is 3.13. The molecule has 2 N–H and O–H groups in total. The van der Waals surface area contributed by atoms with Crippen LogP contribution in [0.4, 0.5) is 0 Å². The number of halogens is 1. The molecule has 1 aliphatic rings. The van der Waals surface area contributed by atoms with Gasteiger partial charge in [-0.15, -0.1) is 0 Å². The molecule has 0 aromatic heterocycles. The Kier molecular flexibility index (Phi) is 4.56. The Morgan fingerprint density at radius 1 is 1.28 bits per heavy atom. The highest BCUT2D eigenvalue weighted by Gasteiger charge is 2.32. The molecule has 0 bridgehead atoms. The third-order valence-electron chi connectivity index (χ3n) is 4.57. The van der Waals surface area contributed by atoms with Crippen molar-refractivity contribution in [3.63, 3.8) is 0 Å². The fourth-order valence-corrected chi connectivity index (χ4v) is 3.49. The number of hydrogen-bond acceptors (Lipinski definition) is 4. The molecule has 1 heterocycles. The average molecular weight is 357 g/mol. The number of aromatic hydroxyl groups is 2. The molecule has 1 unspecified atom stereocenters. The molecule has 1 amide bonds. The van der Waals surface area contributed by atoms with Crippen LogP contribution in [0, 0.1) is 18.3 Å². The number of carbonyl (C=O) groups is 1. The normalized spacial score (nSPS) is 16.7. The van der Waals surface area contributed by atoms with Gasteiger partial charge in [0.25, 0.3) is 5.91 Å². The van der Waals surface area contributed by atoms with Gasteiger partial charge in [0.1, 0.15) is 11.5 Å². The zero-order chi connectivity index (χ0) is 18.1. The summed E-state index contributed by atoms with van der Waals surface area (Å²) in [4.78, 5) is 14.6. The summed E-state index contributed by atoms with van der Waals surface area (Å²) in [5.41, 5.74) is 2.60. The lowest BCUT2D eigenvalue weighted by Crippen LogP contribution is -2.31. The molecule has 1 aliphatic heterocycles. The van der Waals surface area contributed by atoms with E-state index in [1.165, 1.54) is 6.07 Å². The average Bonchev–Trinajstić information content (AvgIpc) is 3.06. The van der Waals surface area contributed by atoms with Gasteiger partial charge < -0.3 is 15.1 Å². The van der Waals surface area contributed by atoms with Gasteiger partial charge in [0.05, 0.1) is 28.3 Å². The number of phenolic OH excluding ortho intramolecular Hbond substituents is 2. The van der Waals surface area contributed by atoms with Crippen molar-refractivity contribution in [2.75, 3.05) is 6.54 Å². The van der Waals surface area contributed by atoms with Crippen LogP contribution in [-0.2, 0) is 0 Å². The van der Waals surface area contributed by atoms with Crippen LogP contribution < -0.4 is 0 Å². The summed E-state index contributed by atoms with van der Waals surface area (Å²) in [7, 11) is 0. The minimum Gasteiger partial charge on any atom is -0.507 e. The monoisotopic (exact) mass is 356 g/mol. The van der Waals surface area contributed by atoms with Crippen molar-refractivity contribution < 1.29 is 15.0 Å². The largest absolute Gasteiger partial charge is 0.507 e. The van der Waals surface area contributed by atoms with Gasteiger partial charge in [-0.2, -0.15) is 5.26 Å². The van der Waals surface area contributed by atoms with E-state index in [0.29, 0.717) is 12.1 Å². The summed E-state index contributed by atoms with van der Waals surface area (Å²) in [6.45, 7) is 2.49. The summed E-state index contributed by atoms with van der Waals surface area (Å²) in [6.07, 6.45) is 1.66. The smallest absolute Gasteiger partial charge is 0.258 e. The maximum Gasteiger partial charge on any atom is 0.258 e. The number of rotatable bonds is 2. The molecular formula is C19H17ClN2O3. The summed E-state index contributed by atoms with van der Waals surface area (Å²) in [5, 5.41) is 28.6. The van der Waals surface area contributed by atoms with Crippen molar-refractivity contribution in [2.45, 2.75) is 25.8 Å². The minimum atomic E-state index is -0.328. The van der Waals surface area contributed by atoms with E-state index >= 15 is 0 Å². The van der Waals surface area contributed by atoms with Crippen LogP contribution >= 0.6 is 11.6 Å². The molecule has 2 aromatic rings. The second kappa shape index (κ2) is 6.66. The molecule has 5 nitrogen and oxygen atoms in total. The molecule has 0 radical (unpaired) electrons. The Balaban J connectivity index is 1.96. The second-order valence-corrected chi connectivity index (χ2v) is 6.57. The number of aryl methyl sites for hydroxylation is 1. The molecule has 2 aromatic carbocycles. The Bertz CT molecular complexity index is 889.